The van der Waals surface area contributed by atoms with Crippen LogP contribution in [0.4, 0.5) is 11.4 Å². The molecule has 0 saturated carbocycles. The molecule has 11 heteroatoms. The van der Waals surface area contributed by atoms with E-state index in [2.05, 4.69) is 5.32 Å². The summed E-state index contributed by atoms with van der Waals surface area (Å²) < 4.78 is 6.78. The first-order chi connectivity index (χ1) is 16.1. The van der Waals surface area contributed by atoms with Crippen molar-refractivity contribution in [3.05, 3.63) is 85.8 Å². The zero-order chi connectivity index (χ0) is 25.0. The lowest BCUT2D eigenvalue weighted by Crippen LogP contribution is -2.31. The number of rotatable bonds is 8. The molecule has 1 unspecified atom stereocenters. The molecule has 10 nitrogen and oxygen atoms in total. The second-order valence-electron chi connectivity index (χ2n) is 7.20. The lowest BCUT2D eigenvalue weighted by molar-refractivity contribution is -0.384. The number of amides is 1. The van der Waals surface area contributed by atoms with E-state index in [1.165, 1.54) is 55.6 Å². The predicted molar refractivity (Wildman–Crippen MR) is 126 cm³/mol. The number of carboxylic acids is 1. The number of hydrogen-bond acceptors (Lipinski definition) is 6. The van der Waals surface area contributed by atoms with E-state index >= 15 is 0 Å². The summed E-state index contributed by atoms with van der Waals surface area (Å²) in [5.74, 6) is -1.46. The molecule has 1 aromatic heterocycles. The highest BCUT2D eigenvalue weighted by Crippen LogP contribution is 2.37. The zero-order valence-corrected chi connectivity index (χ0v) is 18.9. The van der Waals surface area contributed by atoms with Crippen LogP contribution < -0.4 is 15.6 Å². The summed E-state index contributed by atoms with van der Waals surface area (Å²) in [5, 5.41) is 23.4. The van der Waals surface area contributed by atoms with Gasteiger partial charge in [0.05, 0.1) is 28.9 Å². The van der Waals surface area contributed by atoms with Crippen molar-refractivity contribution >= 4 is 34.9 Å². The van der Waals surface area contributed by atoms with E-state index in [4.69, 9.17) is 21.4 Å². The van der Waals surface area contributed by atoms with Gasteiger partial charge in [-0.2, -0.15) is 0 Å². The maximum Gasteiger partial charge on any atom is 0.335 e. The smallest absolute Gasteiger partial charge is 0.335 e. The summed E-state index contributed by atoms with van der Waals surface area (Å²) in [6.45, 7) is 3.41. The Balaban J connectivity index is 1.99. The van der Waals surface area contributed by atoms with E-state index in [0.29, 0.717) is 5.69 Å². The van der Waals surface area contributed by atoms with Gasteiger partial charge in [-0.3, -0.25) is 24.3 Å². The van der Waals surface area contributed by atoms with Gasteiger partial charge in [-0.1, -0.05) is 11.6 Å². The number of nitrogens with one attached hydrogen (secondary N) is 1. The van der Waals surface area contributed by atoms with Gasteiger partial charge in [0.2, 0.25) is 5.91 Å². The molecular formula is C23H20ClN3O7. The number of pyridine rings is 1. The van der Waals surface area contributed by atoms with Crippen molar-refractivity contribution in [3.63, 3.8) is 0 Å². The Morgan fingerprint density at radius 1 is 1.18 bits per heavy atom. The average Bonchev–Trinajstić information content (AvgIpc) is 2.79. The molecule has 3 aromatic rings. The van der Waals surface area contributed by atoms with Crippen LogP contribution in [-0.2, 0) is 4.79 Å². The van der Waals surface area contributed by atoms with Gasteiger partial charge in [-0.25, -0.2) is 4.79 Å². The summed E-state index contributed by atoms with van der Waals surface area (Å²) in [7, 11) is 0. The highest BCUT2D eigenvalue weighted by molar-refractivity contribution is 6.31. The first-order valence-electron chi connectivity index (χ1n) is 10.1. The molecule has 2 N–H and O–H groups in total. The minimum absolute atomic E-state index is 0.0642. The maximum atomic E-state index is 12.9. The number of carbonyl (C=O) groups excluding carboxylic acids is 1. The van der Waals surface area contributed by atoms with Crippen LogP contribution in [0.2, 0.25) is 5.02 Å². The van der Waals surface area contributed by atoms with Gasteiger partial charge in [0, 0.05) is 28.4 Å². The molecule has 0 fully saturated rings. The van der Waals surface area contributed by atoms with Gasteiger partial charge in [0.1, 0.15) is 11.8 Å². The van der Waals surface area contributed by atoms with Crippen molar-refractivity contribution < 1.29 is 24.4 Å². The largest absolute Gasteiger partial charge is 0.492 e. The number of carbonyl (C=O) groups is 2. The number of nitro groups is 1. The SMILES string of the molecule is CCOc1cn(C(C)C(=O)Nc2ccc(C(=O)O)cc2)c(=O)cc1-c1cc(Cl)ccc1[N+](=O)[O-]. The molecule has 0 aliphatic heterocycles. The highest BCUT2D eigenvalue weighted by atomic mass is 35.5. The van der Waals surface area contributed by atoms with E-state index in [0.717, 1.165) is 10.6 Å². The Hall–Kier alpha value is -4.18. The molecule has 1 amide bonds. The van der Waals surface area contributed by atoms with Crippen molar-refractivity contribution in [2.75, 3.05) is 11.9 Å². The lowest BCUT2D eigenvalue weighted by Gasteiger charge is -2.18. The number of anilines is 1. The fourth-order valence-electron chi connectivity index (χ4n) is 3.26. The van der Waals surface area contributed by atoms with Gasteiger partial charge in [-0.15, -0.1) is 0 Å². The highest BCUT2D eigenvalue weighted by Gasteiger charge is 2.23. The molecule has 0 bridgehead atoms. The van der Waals surface area contributed by atoms with Crippen molar-refractivity contribution in [3.8, 4) is 16.9 Å². The normalized spacial score (nSPS) is 11.5. The number of benzene rings is 2. The average molecular weight is 486 g/mol. The van der Waals surface area contributed by atoms with Crippen LogP contribution in [0, 0.1) is 10.1 Å². The lowest BCUT2D eigenvalue weighted by atomic mass is 10.0. The van der Waals surface area contributed by atoms with Crippen LogP contribution in [0.25, 0.3) is 11.1 Å². The van der Waals surface area contributed by atoms with Crippen LogP contribution >= 0.6 is 11.6 Å². The molecule has 0 saturated heterocycles. The Morgan fingerprint density at radius 3 is 2.44 bits per heavy atom. The number of nitrogens with zero attached hydrogens (tertiary/aromatic N) is 2. The monoisotopic (exact) mass is 485 g/mol. The third-order valence-corrected chi connectivity index (χ3v) is 5.22. The van der Waals surface area contributed by atoms with Crippen LogP contribution in [-0.4, -0.2) is 33.1 Å². The predicted octanol–water partition coefficient (Wildman–Crippen LogP) is 4.37. The van der Waals surface area contributed by atoms with E-state index < -0.39 is 28.4 Å². The first kappa shape index (κ1) is 24.5. The molecule has 34 heavy (non-hydrogen) atoms. The second-order valence-corrected chi connectivity index (χ2v) is 7.63. The summed E-state index contributed by atoms with van der Waals surface area (Å²) in [5.41, 5.74) is -0.134. The number of carboxylic acid groups (broad SMARTS) is 1. The molecule has 2 aromatic carbocycles. The Kier molecular flexibility index (Phi) is 7.32. The number of halogens is 1. The van der Waals surface area contributed by atoms with Gasteiger partial charge in [0.25, 0.3) is 11.2 Å². The summed E-state index contributed by atoms with van der Waals surface area (Å²) in [6, 6.07) is 9.73. The van der Waals surface area contributed by atoms with E-state index in [1.54, 1.807) is 6.92 Å². The van der Waals surface area contributed by atoms with Crippen LogP contribution in [0.15, 0.2) is 59.5 Å². The summed E-state index contributed by atoms with van der Waals surface area (Å²) >= 11 is 6.04. The molecule has 176 valence electrons. The number of hydrogen-bond donors (Lipinski definition) is 2. The minimum Gasteiger partial charge on any atom is -0.492 e. The van der Waals surface area contributed by atoms with Crippen molar-refractivity contribution in [2.45, 2.75) is 19.9 Å². The molecule has 0 aliphatic rings. The summed E-state index contributed by atoms with van der Waals surface area (Å²) in [4.78, 5) is 47.6. The minimum atomic E-state index is -1.10. The topological polar surface area (TPSA) is 141 Å². The number of aromatic carboxylic acids is 1. The molecule has 0 spiro atoms. The zero-order valence-electron chi connectivity index (χ0n) is 18.1. The molecule has 1 atom stereocenters. The van der Waals surface area contributed by atoms with Crippen molar-refractivity contribution in [1.29, 1.82) is 0 Å². The van der Waals surface area contributed by atoms with Crippen molar-refractivity contribution in [1.82, 2.24) is 4.57 Å². The van der Waals surface area contributed by atoms with E-state index in [9.17, 15) is 24.5 Å². The van der Waals surface area contributed by atoms with Gasteiger partial charge >= 0.3 is 5.97 Å². The number of nitro benzene ring substituents is 1. The standard InChI is InChI=1S/C23H20ClN3O7/c1-3-34-20-12-26(13(2)22(29)25-16-7-4-14(5-8-16)23(30)31)21(28)11-18(20)17-10-15(24)6-9-19(17)27(32)33/h4-13H,3H2,1-2H3,(H,25,29)(H,30,31). The fourth-order valence-corrected chi connectivity index (χ4v) is 3.44. The Morgan fingerprint density at radius 2 is 1.85 bits per heavy atom. The molecule has 0 aliphatic carbocycles. The quantitative estimate of drug-likeness (QED) is 0.356. The number of ether oxygens (including phenoxy) is 1. The van der Waals surface area contributed by atoms with Crippen LogP contribution in [0.1, 0.15) is 30.2 Å². The van der Waals surface area contributed by atoms with Crippen LogP contribution in [0.3, 0.4) is 0 Å². The molecule has 3 rings (SSSR count). The molecular weight excluding hydrogens is 466 g/mol. The van der Waals surface area contributed by atoms with Crippen molar-refractivity contribution in [2.24, 2.45) is 0 Å². The Bertz CT molecular complexity index is 1320. The van der Waals surface area contributed by atoms with Gasteiger partial charge < -0.3 is 15.2 Å². The molecule has 0 radical (unpaired) electrons. The van der Waals surface area contributed by atoms with Crippen LogP contribution in [0.5, 0.6) is 5.75 Å². The first-order valence-corrected chi connectivity index (χ1v) is 10.5. The fraction of sp³-hybridized carbons (Fsp3) is 0.174. The Labute approximate surface area is 198 Å². The molecule has 1 heterocycles. The third-order valence-electron chi connectivity index (χ3n) is 4.99. The second kappa shape index (κ2) is 10.2. The maximum absolute atomic E-state index is 12.9. The van der Waals surface area contributed by atoms with E-state index in [1.807, 2.05) is 0 Å². The van der Waals surface area contributed by atoms with Gasteiger partial charge in [0.15, 0.2) is 0 Å². The third kappa shape index (κ3) is 5.24. The number of aromatic nitrogens is 1. The summed E-state index contributed by atoms with van der Waals surface area (Å²) in [6.07, 6.45) is 1.32. The van der Waals surface area contributed by atoms with Gasteiger partial charge in [-0.05, 0) is 50.2 Å². The van der Waals surface area contributed by atoms with E-state index in [-0.39, 0.29) is 39.8 Å².